The molecule has 2 aromatic rings. The van der Waals surface area contributed by atoms with Crippen LogP contribution in [-0.2, 0) is 9.84 Å². The molecule has 1 atom stereocenters. The standard InChI is InChI=1S/C17H22N4O4S/c22-17(15-10-14(19-20-15)16-2-1-8-25-16)18-12-3-6-21(7-4-12)13-5-9-26(23,24)11-13/h1-2,8,10,12-13H,3-7,9,11H2,(H,18,22)(H,19,20)/t13-/m0/s1. The van der Waals surface area contributed by atoms with Gasteiger partial charge in [-0.05, 0) is 31.4 Å². The molecule has 4 heterocycles. The lowest BCUT2D eigenvalue weighted by atomic mass is 10.0. The van der Waals surface area contributed by atoms with E-state index in [4.69, 9.17) is 4.42 Å². The van der Waals surface area contributed by atoms with Gasteiger partial charge in [0.15, 0.2) is 21.3 Å². The van der Waals surface area contributed by atoms with Gasteiger partial charge in [0, 0.05) is 31.2 Å². The zero-order chi connectivity index (χ0) is 18.1. The second-order valence-corrected chi connectivity index (χ2v) is 9.21. The van der Waals surface area contributed by atoms with Gasteiger partial charge in [0.05, 0.1) is 17.8 Å². The topological polar surface area (TPSA) is 108 Å². The highest BCUT2D eigenvalue weighted by molar-refractivity contribution is 7.91. The molecule has 8 nitrogen and oxygen atoms in total. The summed E-state index contributed by atoms with van der Waals surface area (Å²) in [7, 11) is -2.86. The number of furan rings is 1. The van der Waals surface area contributed by atoms with E-state index in [9.17, 15) is 13.2 Å². The summed E-state index contributed by atoms with van der Waals surface area (Å²) in [6, 6.07) is 5.47. The highest BCUT2D eigenvalue weighted by Gasteiger charge is 2.34. The van der Waals surface area contributed by atoms with E-state index in [1.54, 1.807) is 24.5 Å². The molecule has 0 unspecified atom stereocenters. The smallest absolute Gasteiger partial charge is 0.272 e. The van der Waals surface area contributed by atoms with Gasteiger partial charge in [-0.25, -0.2) is 8.42 Å². The molecule has 0 bridgehead atoms. The van der Waals surface area contributed by atoms with E-state index in [2.05, 4.69) is 20.4 Å². The Kier molecular flexibility index (Phi) is 4.58. The summed E-state index contributed by atoms with van der Waals surface area (Å²) in [5.74, 6) is 0.996. The van der Waals surface area contributed by atoms with Crippen LogP contribution in [0.4, 0.5) is 0 Å². The van der Waals surface area contributed by atoms with E-state index in [1.807, 2.05) is 0 Å². The van der Waals surface area contributed by atoms with Crippen molar-refractivity contribution in [2.45, 2.75) is 31.3 Å². The zero-order valence-electron chi connectivity index (χ0n) is 14.3. The molecule has 0 radical (unpaired) electrons. The van der Waals surface area contributed by atoms with Gasteiger partial charge >= 0.3 is 0 Å². The molecule has 1 amide bonds. The minimum Gasteiger partial charge on any atom is -0.463 e. The lowest BCUT2D eigenvalue weighted by Gasteiger charge is -2.35. The molecule has 0 aromatic carbocycles. The summed E-state index contributed by atoms with van der Waals surface area (Å²) < 4.78 is 28.6. The van der Waals surface area contributed by atoms with Crippen molar-refractivity contribution >= 4 is 15.7 Å². The van der Waals surface area contributed by atoms with Crippen molar-refractivity contribution < 1.29 is 17.6 Å². The number of carbonyl (C=O) groups is 1. The molecule has 4 rings (SSSR count). The summed E-state index contributed by atoms with van der Waals surface area (Å²) in [4.78, 5) is 14.6. The van der Waals surface area contributed by atoms with Gasteiger partial charge in [0.2, 0.25) is 0 Å². The predicted molar refractivity (Wildman–Crippen MR) is 95.4 cm³/mol. The first kappa shape index (κ1) is 17.3. The number of aromatic nitrogens is 2. The quantitative estimate of drug-likeness (QED) is 0.823. The fraction of sp³-hybridized carbons (Fsp3) is 0.529. The van der Waals surface area contributed by atoms with E-state index in [1.165, 1.54) is 0 Å². The third-order valence-electron chi connectivity index (χ3n) is 5.19. The first-order chi connectivity index (χ1) is 12.5. The van der Waals surface area contributed by atoms with E-state index in [0.717, 1.165) is 32.4 Å². The number of rotatable bonds is 4. The molecule has 2 aliphatic heterocycles. The Hall–Kier alpha value is -2.13. The van der Waals surface area contributed by atoms with Gasteiger partial charge in [-0.3, -0.25) is 14.8 Å². The number of nitrogens with one attached hydrogen (secondary N) is 2. The highest BCUT2D eigenvalue weighted by atomic mass is 32.2. The average molecular weight is 378 g/mol. The number of sulfone groups is 1. The monoisotopic (exact) mass is 378 g/mol. The van der Waals surface area contributed by atoms with Crippen LogP contribution in [0.15, 0.2) is 28.9 Å². The third-order valence-corrected chi connectivity index (χ3v) is 6.94. The van der Waals surface area contributed by atoms with Crippen molar-refractivity contribution in [2.24, 2.45) is 0 Å². The van der Waals surface area contributed by atoms with E-state index in [0.29, 0.717) is 22.9 Å². The molecule has 26 heavy (non-hydrogen) atoms. The van der Waals surface area contributed by atoms with Gasteiger partial charge in [-0.1, -0.05) is 0 Å². The summed E-state index contributed by atoms with van der Waals surface area (Å²) in [6.45, 7) is 1.62. The van der Waals surface area contributed by atoms with Crippen LogP contribution in [0.3, 0.4) is 0 Å². The summed E-state index contributed by atoms with van der Waals surface area (Å²) in [5.41, 5.74) is 0.998. The minimum atomic E-state index is -2.86. The van der Waals surface area contributed by atoms with E-state index in [-0.39, 0.29) is 23.7 Å². The lowest BCUT2D eigenvalue weighted by Crippen LogP contribution is -2.48. The van der Waals surface area contributed by atoms with Crippen LogP contribution >= 0.6 is 0 Å². The van der Waals surface area contributed by atoms with Crippen LogP contribution in [0.2, 0.25) is 0 Å². The van der Waals surface area contributed by atoms with Crippen LogP contribution < -0.4 is 5.32 Å². The minimum absolute atomic E-state index is 0.0838. The van der Waals surface area contributed by atoms with Crippen LogP contribution in [0.25, 0.3) is 11.5 Å². The molecule has 140 valence electrons. The zero-order valence-corrected chi connectivity index (χ0v) is 15.2. The maximum absolute atomic E-state index is 12.4. The number of aromatic amines is 1. The average Bonchev–Trinajstić information content (AvgIpc) is 3.35. The molecule has 2 saturated heterocycles. The molecule has 0 aliphatic carbocycles. The molecule has 0 spiro atoms. The number of likely N-dealkylation sites (tertiary alicyclic amines) is 1. The Labute approximate surface area is 151 Å². The van der Waals surface area contributed by atoms with Crippen molar-refractivity contribution in [3.05, 3.63) is 30.2 Å². The SMILES string of the molecule is O=C(NC1CCN([C@H]2CCS(=O)(=O)C2)CC1)c1cc(-c2ccco2)[nH]n1. The third kappa shape index (κ3) is 3.68. The van der Waals surface area contributed by atoms with Crippen molar-refractivity contribution in [1.29, 1.82) is 0 Å². The largest absolute Gasteiger partial charge is 0.463 e. The maximum Gasteiger partial charge on any atom is 0.272 e. The summed E-state index contributed by atoms with van der Waals surface area (Å²) >= 11 is 0. The van der Waals surface area contributed by atoms with E-state index < -0.39 is 9.84 Å². The van der Waals surface area contributed by atoms with Crippen molar-refractivity contribution in [2.75, 3.05) is 24.6 Å². The molecule has 9 heteroatoms. The molecule has 2 fully saturated rings. The van der Waals surface area contributed by atoms with Crippen molar-refractivity contribution in [3.8, 4) is 11.5 Å². The maximum atomic E-state index is 12.4. The molecule has 2 aliphatic rings. The Balaban J connectivity index is 1.30. The van der Waals surface area contributed by atoms with Crippen LogP contribution in [0, 0.1) is 0 Å². The van der Waals surface area contributed by atoms with E-state index >= 15 is 0 Å². The Bertz CT molecular complexity index is 866. The number of H-pyrrole nitrogens is 1. The molecule has 2 aromatic heterocycles. The first-order valence-corrected chi connectivity index (χ1v) is 10.7. The molecular formula is C17H22N4O4S. The van der Waals surface area contributed by atoms with Crippen LogP contribution in [-0.4, -0.2) is 66.1 Å². The normalized spacial score (nSPS) is 23.9. The van der Waals surface area contributed by atoms with Gasteiger partial charge in [-0.2, -0.15) is 5.10 Å². The number of carbonyl (C=O) groups excluding carboxylic acids is 1. The number of nitrogens with zero attached hydrogens (tertiary/aromatic N) is 2. The number of hydrogen-bond acceptors (Lipinski definition) is 6. The van der Waals surface area contributed by atoms with Gasteiger partial charge < -0.3 is 9.73 Å². The number of piperidine rings is 1. The Morgan fingerprint density at radius 1 is 1.31 bits per heavy atom. The highest BCUT2D eigenvalue weighted by Crippen LogP contribution is 2.22. The van der Waals surface area contributed by atoms with Crippen molar-refractivity contribution in [1.82, 2.24) is 20.4 Å². The second kappa shape index (κ2) is 6.88. The Morgan fingerprint density at radius 2 is 2.12 bits per heavy atom. The molecule has 2 N–H and O–H groups in total. The van der Waals surface area contributed by atoms with Gasteiger partial charge in [-0.15, -0.1) is 0 Å². The number of hydrogen-bond donors (Lipinski definition) is 2. The van der Waals surface area contributed by atoms with Crippen LogP contribution in [0.1, 0.15) is 29.8 Å². The fourth-order valence-corrected chi connectivity index (χ4v) is 5.49. The first-order valence-electron chi connectivity index (χ1n) is 8.85. The van der Waals surface area contributed by atoms with Crippen LogP contribution in [0.5, 0.6) is 0 Å². The molecular weight excluding hydrogens is 356 g/mol. The van der Waals surface area contributed by atoms with Gasteiger partial charge in [0.1, 0.15) is 5.69 Å². The number of amides is 1. The summed E-state index contributed by atoms with van der Waals surface area (Å²) in [5, 5.41) is 9.89. The predicted octanol–water partition coefficient (Wildman–Crippen LogP) is 1.05. The second-order valence-electron chi connectivity index (χ2n) is 6.98. The fourth-order valence-electron chi connectivity index (χ4n) is 3.73. The van der Waals surface area contributed by atoms with Crippen molar-refractivity contribution in [3.63, 3.8) is 0 Å². The van der Waals surface area contributed by atoms with Gasteiger partial charge in [0.25, 0.3) is 5.91 Å². The molecule has 0 saturated carbocycles. The Morgan fingerprint density at radius 3 is 2.77 bits per heavy atom. The summed E-state index contributed by atoms with van der Waals surface area (Å²) in [6.07, 6.45) is 3.93. The lowest BCUT2D eigenvalue weighted by molar-refractivity contribution is 0.0893.